The average molecular weight is 602 g/mol. The number of nitro groups is 1. The third-order valence-corrected chi connectivity index (χ3v) is 9.80. The number of quaternary nitrogens is 2. The van der Waals surface area contributed by atoms with E-state index in [0.717, 1.165) is 0 Å². The molecule has 0 aliphatic carbocycles. The maximum atomic E-state index is 13.5. The Kier molecular flexibility index (Phi) is 12.2. The van der Waals surface area contributed by atoms with Crippen LogP contribution in [0.1, 0.15) is 26.3 Å². The highest BCUT2D eigenvalue weighted by atomic mass is 31.2. The Morgan fingerprint density at radius 1 is 0.902 bits per heavy atom. The second-order valence-electron chi connectivity index (χ2n) is 10.6. The van der Waals surface area contributed by atoms with E-state index in [9.17, 15) is 29.9 Å². The zero-order valence-corrected chi connectivity index (χ0v) is 25.2. The minimum atomic E-state index is -3.46. The van der Waals surface area contributed by atoms with Crippen molar-refractivity contribution in [3.63, 3.8) is 0 Å². The van der Waals surface area contributed by atoms with Crippen LogP contribution in [0.3, 0.4) is 0 Å². The molecule has 0 spiro atoms. The number of hydroxylamine groups is 6. The van der Waals surface area contributed by atoms with Crippen molar-refractivity contribution in [3.8, 4) is 0 Å². The summed E-state index contributed by atoms with van der Waals surface area (Å²) in [5.41, 5.74) is 0.665. The van der Waals surface area contributed by atoms with E-state index in [2.05, 4.69) is 0 Å². The molecule has 1 aromatic rings. The van der Waals surface area contributed by atoms with Gasteiger partial charge in [0.1, 0.15) is 38.5 Å². The molecule has 3 aliphatic rings. The number of esters is 1. The van der Waals surface area contributed by atoms with Crippen LogP contribution in [0.15, 0.2) is 24.3 Å². The first-order valence-electron chi connectivity index (χ1n) is 14.3. The number of ether oxygens (including phenoxy) is 1. The first-order chi connectivity index (χ1) is 19.4. The van der Waals surface area contributed by atoms with Gasteiger partial charge in [0.2, 0.25) is 0 Å². The van der Waals surface area contributed by atoms with Crippen LogP contribution in [0.2, 0.25) is 0 Å². The standard InChI is InChI=1S/C26H44N5O9P/c1-4-38-26(32)25(21-23-7-9-24(10-8-23)29(33)34)28-12-11-27(22-41(37,39-5-2)40-6-3)13-15-30(35)17-19-31(36,16-14-28)20-18-30/h7-10,25H,4-6,11-22H2,1-3H3. The molecule has 232 valence electrons. The predicted molar refractivity (Wildman–Crippen MR) is 153 cm³/mol. The van der Waals surface area contributed by atoms with Gasteiger partial charge in [0.05, 0.1) is 37.8 Å². The Morgan fingerprint density at radius 3 is 1.98 bits per heavy atom. The van der Waals surface area contributed by atoms with Gasteiger partial charge in [-0.05, 0) is 32.8 Å². The lowest BCUT2D eigenvalue weighted by molar-refractivity contribution is -0.988. The second kappa shape index (κ2) is 14.9. The average Bonchev–Trinajstić information content (AvgIpc) is 2.92. The third kappa shape index (κ3) is 9.77. The number of nitro benzene ring substituents is 1. The largest absolute Gasteiger partial charge is 0.632 e. The molecule has 14 nitrogen and oxygen atoms in total. The first kappa shape index (κ1) is 33.5. The molecule has 2 bridgehead atoms. The molecule has 1 unspecified atom stereocenters. The highest BCUT2D eigenvalue weighted by Gasteiger charge is 2.37. The number of piperazine rings is 1. The van der Waals surface area contributed by atoms with Crippen LogP contribution in [0.5, 0.6) is 0 Å². The molecule has 0 amide bonds. The number of carbonyl (C=O) groups excluding carboxylic acids is 1. The van der Waals surface area contributed by atoms with Gasteiger partial charge in [-0.2, -0.15) is 0 Å². The number of non-ortho nitro benzene ring substituents is 1. The van der Waals surface area contributed by atoms with E-state index in [1.54, 1.807) is 32.9 Å². The number of rotatable bonds is 12. The van der Waals surface area contributed by atoms with Crippen LogP contribution in [0, 0.1) is 20.5 Å². The van der Waals surface area contributed by atoms with Crippen LogP contribution >= 0.6 is 7.60 Å². The molecule has 0 aromatic heterocycles. The van der Waals surface area contributed by atoms with E-state index < -0.39 is 33.8 Å². The van der Waals surface area contributed by atoms with E-state index in [4.69, 9.17) is 13.8 Å². The summed E-state index contributed by atoms with van der Waals surface area (Å²) in [6, 6.07) is 5.27. The first-order valence-corrected chi connectivity index (χ1v) is 16.0. The van der Waals surface area contributed by atoms with Gasteiger partial charge >= 0.3 is 13.6 Å². The maximum absolute atomic E-state index is 13.5. The van der Waals surface area contributed by atoms with Crippen LogP contribution < -0.4 is 0 Å². The van der Waals surface area contributed by atoms with Crippen LogP contribution in [-0.2, 0) is 29.6 Å². The molecule has 0 saturated carbocycles. The Labute approximate surface area is 241 Å². The summed E-state index contributed by atoms with van der Waals surface area (Å²) in [7, 11) is -3.46. The summed E-state index contributed by atoms with van der Waals surface area (Å²) in [5.74, 6) is -0.454. The highest BCUT2D eigenvalue weighted by molar-refractivity contribution is 7.53. The number of hydrogen-bond acceptors (Lipinski definition) is 11. The summed E-state index contributed by atoms with van der Waals surface area (Å²) >= 11 is 0. The van der Waals surface area contributed by atoms with Crippen molar-refractivity contribution in [1.29, 1.82) is 0 Å². The molecule has 0 radical (unpaired) electrons. The van der Waals surface area contributed by atoms with E-state index in [1.165, 1.54) is 12.1 Å². The normalized spacial score (nSPS) is 25.7. The Morgan fingerprint density at radius 2 is 1.46 bits per heavy atom. The van der Waals surface area contributed by atoms with E-state index in [0.29, 0.717) is 25.2 Å². The fourth-order valence-electron chi connectivity index (χ4n) is 5.31. The van der Waals surface area contributed by atoms with Gasteiger partial charge in [-0.1, -0.05) is 12.1 Å². The molecule has 1 atom stereocenters. The van der Waals surface area contributed by atoms with Crippen molar-refractivity contribution in [2.24, 2.45) is 0 Å². The summed E-state index contributed by atoms with van der Waals surface area (Å²) in [6.07, 6.45) is 0.225. The Hall–Kier alpha value is -2.00. The highest BCUT2D eigenvalue weighted by Crippen LogP contribution is 2.48. The lowest BCUT2D eigenvalue weighted by atomic mass is 10.0. The zero-order valence-electron chi connectivity index (χ0n) is 24.4. The lowest BCUT2D eigenvalue weighted by Crippen LogP contribution is -2.65. The molecule has 1 aromatic carbocycles. The Balaban J connectivity index is 1.91. The fourth-order valence-corrected chi connectivity index (χ4v) is 7.11. The molecule has 15 heteroatoms. The van der Waals surface area contributed by atoms with Gasteiger partial charge < -0.3 is 33.5 Å². The topological polar surface area (TPSA) is 158 Å². The summed E-state index contributed by atoms with van der Waals surface area (Å²) < 4.78 is 28.9. The minimum absolute atomic E-state index is 0.00347. The van der Waals surface area contributed by atoms with Gasteiger partial charge in [-0.3, -0.25) is 29.3 Å². The van der Waals surface area contributed by atoms with Crippen LogP contribution in [-0.4, -0.2) is 128 Å². The van der Waals surface area contributed by atoms with Gasteiger partial charge in [0.15, 0.2) is 0 Å². The molecule has 3 saturated heterocycles. The molecule has 3 aliphatic heterocycles. The number of fused-ring (bicyclic) bond motifs is 9. The van der Waals surface area contributed by atoms with Crippen molar-refractivity contribution < 1.29 is 37.4 Å². The molecular formula is C26H44N5O9P. The molecule has 0 N–H and O–H groups in total. The van der Waals surface area contributed by atoms with Crippen LogP contribution in [0.4, 0.5) is 5.69 Å². The van der Waals surface area contributed by atoms with E-state index in [1.807, 2.05) is 9.80 Å². The zero-order chi connectivity index (χ0) is 30.1. The van der Waals surface area contributed by atoms with Crippen LogP contribution in [0.25, 0.3) is 0 Å². The monoisotopic (exact) mass is 601 g/mol. The van der Waals surface area contributed by atoms with Gasteiger partial charge in [0, 0.05) is 38.3 Å². The number of carbonyl (C=O) groups is 1. The maximum Gasteiger partial charge on any atom is 0.344 e. The quantitative estimate of drug-likeness (QED) is 0.0866. The van der Waals surface area contributed by atoms with Gasteiger partial charge in [-0.25, -0.2) is 0 Å². The number of nitrogens with zero attached hydrogens (tertiary/aromatic N) is 5. The predicted octanol–water partition coefficient (Wildman–Crippen LogP) is 2.55. The molecule has 3 fully saturated rings. The summed E-state index contributed by atoms with van der Waals surface area (Å²) in [5, 5.41) is 38.0. The molecule has 4 rings (SSSR count). The van der Waals surface area contributed by atoms with Crippen molar-refractivity contribution in [2.45, 2.75) is 33.2 Å². The van der Waals surface area contributed by atoms with Gasteiger partial charge in [-0.15, -0.1) is 0 Å². The minimum Gasteiger partial charge on any atom is -0.632 e. The second-order valence-corrected chi connectivity index (χ2v) is 12.6. The molecule has 3 heterocycles. The lowest BCUT2D eigenvalue weighted by Gasteiger charge is -2.55. The SMILES string of the molecule is CCOC(=O)C(Cc1ccc([N+](=O)[O-])cc1)N1CCN(CP(=O)(OCC)OCC)CC[N+]2([O-])CC[N+]([O-])(CC1)CC2. The smallest absolute Gasteiger partial charge is 0.344 e. The summed E-state index contributed by atoms with van der Waals surface area (Å²) in [6.45, 7) is 8.26. The van der Waals surface area contributed by atoms with E-state index in [-0.39, 0.29) is 84.0 Å². The van der Waals surface area contributed by atoms with Crippen molar-refractivity contribution in [1.82, 2.24) is 9.80 Å². The third-order valence-electron chi connectivity index (χ3n) is 7.75. The molecule has 41 heavy (non-hydrogen) atoms. The van der Waals surface area contributed by atoms with Crippen molar-refractivity contribution >= 4 is 19.3 Å². The fraction of sp³-hybridized carbons (Fsp3) is 0.731. The number of hydrogen-bond donors (Lipinski definition) is 0. The summed E-state index contributed by atoms with van der Waals surface area (Å²) in [4.78, 5) is 27.7. The van der Waals surface area contributed by atoms with Crippen molar-refractivity contribution in [2.75, 3.05) is 91.6 Å². The van der Waals surface area contributed by atoms with E-state index >= 15 is 0 Å². The van der Waals surface area contributed by atoms with Gasteiger partial charge in [0.25, 0.3) is 5.69 Å². The Bertz CT molecular complexity index is 1040. The number of benzene rings is 1. The van der Waals surface area contributed by atoms with Crippen molar-refractivity contribution in [3.05, 3.63) is 50.4 Å². The molecular weight excluding hydrogens is 557 g/mol.